The number of carbonyl (C=O) groups is 1. The SMILES string of the molecule is Cl.N#Cc1cnc(-n2cc(C(=O)Nc3ccc(C4CNCCO4)c(F)c3)cn2)cn1. The van der Waals surface area contributed by atoms with E-state index in [1.165, 1.54) is 35.5 Å². The van der Waals surface area contributed by atoms with Gasteiger partial charge in [0, 0.05) is 30.5 Å². The first-order valence-corrected chi connectivity index (χ1v) is 8.84. The summed E-state index contributed by atoms with van der Waals surface area (Å²) in [7, 11) is 0. The average molecular weight is 430 g/mol. The summed E-state index contributed by atoms with van der Waals surface area (Å²) in [5.74, 6) is -0.528. The van der Waals surface area contributed by atoms with E-state index in [1.54, 1.807) is 12.1 Å². The Kier molecular flexibility index (Phi) is 6.68. The number of hydrogen-bond acceptors (Lipinski definition) is 7. The monoisotopic (exact) mass is 429 g/mol. The molecule has 3 heterocycles. The second-order valence-corrected chi connectivity index (χ2v) is 6.30. The summed E-state index contributed by atoms with van der Waals surface area (Å²) in [5.41, 5.74) is 1.22. The summed E-state index contributed by atoms with van der Waals surface area (Å²) in [4.78, 5) is 20.4. The van der Waals surface area contributed by atoms with E-state index in [9.17, 15) is 9.18 Å². The van der Waals surface area contributed by atoms with Gasteiger partial charge in [0.15, 0.2) is 11.5 Å². The summed E-state index contributed by atoms with van der Waals surface area (Å²) >= 11 is 0. The highest BCUT2D eigenvalue weighted by Gasteiger charge is 2.20. The second-order valence-electron chi connectivity index (χ2n) is 6.30. The maximum Gasteiger partial charge on any atom is 0.258 e. The molecule has 154 valence electrons. The first-order valence-electron chi connectivity index (χ1n) is 8.84. The van der Waals surface area contributed by atoms with Crippen LogP contribution in [0.3, 0.4) is 0 Å². The Labute approximate surface area is 177 Å². The second kappa shape index (κ2) is 9.41. The van der Waals surface area contributed by atoms with E-state index in [0.29, 0.717) is 30.2 Å². The number of aromatic nitrogens is 4. The average Bonchev–Trinajstić information content (AvgIpc) is 3.25. The number of morpholine rings is 1. The maximum atomic E-state index is 14.5. The highest BCUT2D eigenvalue weighted by molar-refractivity contribution is 6.04. The van der Waals surface area contributed by atoms with Gasteiger partial charge in [-0.15, -0.1) is 12.4 Å². The molecule has 1 unspecified atom stereocenters. The molecular formula is C19H17ClFN7O2. The van der Waals surface area contributed by atoms with Crippen LogP contribution in [-0.4, -0.2) is 45.4 Å². The van der Waals surface area contributed by atoms with Crippen molar-refractivity contribution in [3.8, 4) is 11.9 Å². The molecule has 0 bridgehead atoms. The summed E-state index contributed by atoms with van der Waals surface area (Å²) in [6.45, 7) is 1.81. The van der Waals surface area contributed by atoms with Crippen LogP contribution in [0.5, 0.6) is 0 Å². The minimum absolute atomic E-state index is 0. The fourth-order valence-corrected chi connectivity index (χ4v) is 2.90. The summed E-state index contributed by atoms with van der Waals surface area (Å²) in [6, 6.07) is 6.38. The smallest absolute Gasteiger partial charge is 0.258 e. The van der Waals surface area contributed by atoms with Crippen molar-refractivity contribution in [1.29, 1.82) is 5.26 Å². The Morgan fingerprint density at radius 1 is 1.33 bits per heavy atom. The molecule has 1 aromatic carbocycles. The van der Waals surface area contributed by atoms with E-state index in [4.69, 9.17) is 10.00 Å². The van der Waals surface area contributed by atoms with Crippen molar-refractivity contribution in [2.75, 3.05) is 25.0 Å². The van der Waals surface area contributed by atoms with Gasteiger partial charge in [0.1, 0.15) is 11.9 Å². The molecule has 0 aliphatic carbocycles. The summed E-state index contributed by atoms with van der Waals surface area (Å²) in [5, 5.41) is 18.6. The van der Waals surface area contributed by atoms with E-state index in [0.717, 1.165) is 6.54 Å². The van der Waals surface area contributed by atoms with Crippen molar-refractivity contribution in [1.82, 2.24) is 25.1 Å². The van der Waals surface area contributed by atoms with Gasteiger partial charge < -0.3 is 15.4 Å². The number of nitrogens with zero attached hydrogens (tertiary/aromatic N) is 5. The molecular weight excluding hydrogens is 413 g/mol. The van der Waals surface area contributed by atoms with E-state index >= 15 is 0 Å². The fraction of sp³-hybridized carbons (Fsp3) is 0.211. The van der Waals surface area contributed by atoms with Gasteiger partial charge in [-0.25, -0.2) is 19.0 Å². The van der Waals surface area contributed by atoms with E-state index in [-0.39, 0.29) is 29.8 Å². The van der Waals surface area contributed by atoms with Crippen LogP contribution in [0, 0.1) is 17.1 Å². The Balaban J connectivity index is 0.00000256. The van der Waals surface area contributed by atoms with E-state index < -0.39 is 11.7 Å². The van der Waals surface area contributed by atoms with Gasteiger partial charge in [-0.05, 0) is 12.1 Å². The summed E-state index contributed by atoms with van der Waals surface area (Å²) in [6.07, 6.45) is 5.18. The van der Waals surface area contributed by atoms with Crippen molar-refractivity contribution in [2.45, 2.75) is 6.10 Å². The van der Waals surface area contributed by atoms with Crippen LogP contribution in [0.15, 0.2) is 43.0 Å². The van der Waals surface area contributed by atoms with Crippen LogP contribution in [-0.2, 0) is 4.74 Å². The molecule has 1 saturated heterocycles. The first-order chi connectivity index (χ1) is 14.1. The molecule has 1 amide bonds. The number of carbonyl (C=O) groups excluding carboxylic acids is 1. The lowest BCUT2D eigenvalue weighted by Crippen LogP contribution is -2.33. The third-order valence-electron chi connectivity index (χ3n) is 4.37. The van der Waals surface area contributed by atoms with Crippen molar-refractivity contribution in [2.24, 2.45) is 0 Å². The van der Waals surface area contributed by atoms with Gasteiger partial charge in [0.05, 0.1) is 36.9 Å². The molecule has 0 radical (unpaired) electrons. The Hall–Kier alpha value is -3.39. The minimum atomic E-state index is -0.444. The predicted molar refractivity (Wildman–Crippen MR) is 107 cm³/mol. The zero-order chi connectivity index (χ0) is 20.2. The van der Waals surface area contributed by atoms with Gasteiger partial charge in [0.25, 0.3) is 5.91 Å². The van der Waals surface area contributed by atoms with Crippen molar-refractivity contribution in [3.63, 3.8) is 0 Å². The zero-order valence-corrected chi connectivity index (χ0v) is 16.4. The van der Waals surface area contributed by atoms with E-state index in [1.807, 2.05) is 6.07 Å². The Morgan fingerprint density at radius 3 is 2.87 bits per heavy atom. The molecule has 3 aromatic rings. The number of ether oxygens (including phenoxy) is 1. The lowest BCUT2D eigenvalue weighted by molar-refractivity contribution is 0.0255. The van der Waals surface area contributed by atoms with Crippen molar-refractivity contribution in [3.05, 3.63) is 65.6 Å². The quantitative estimate of drug-likeness (QED) is 0.651. The molecule has 0 spiro atoms. The zero-order valence-electron chi connectivity index (χ0n) is 15.6. The number of rotatable bonds is 4. The van der Waals surface area contributed by atoms with Crippen LogP contribution in [0.25, 0.3) is 5.82 Å². The van der Waals surface area contributed by atoms with Crippen LogP contribution < -0.4 is 10.6 Å². The van der Waals surface area contributed by atoms with Gasteiger partial charge in [-0.1, -0.05) is 6.07 Å². The first kappa shape index (κ1) is 21.3. The molecule has 2 N–H and O–H groups in total. The molecule has 9 nitrogen and oxygen atoms in total. The number of amides is 1. The lowest BCUT2D eigenvalue weighted by Gasteiger charge is -2.24. The highest BCUT2D eigenvalue weighted by Crippen LogP contribution is 2.24. The predicted octanol–water partition coefficient (Wildman–Crippen LogP) is 2.01. The standard InChI is InChI=1S/C19H16FN7O2.ClH/c20-16-5-13(1-2-15(16)17-9-22-3-4-29-17)26-19(28)12-7-25-27(11-12)18-10-23-14(6-21)8-24-18;/h1-2,5,7-8,10-11,17,22H,3-4,9H2,(H,26,28);1H. The highest BCUT2D eigenvalue weighted by atomic mass is 35.5. The Morgan fingerprint density at radius 2 is 2.20 bits per heavy atom. The number of nitriles is 1. The number of halogens is 2. The topological polar surface area (TPSA) is 118 Å². The molecule has 30 heavy (non-hydrogen) atoms. The third-order valence-corrected chi connectivity index (χ3v) is 4.37. The number of anilines is 1. The molecule has 11 heteroatoms. The number of nitrogens with one attached hydrogen (secondary N) is 2. The molecule has 1 aliphatic heterocycles. The molecule has 4 rings (SSSR count). The largest absolute Gasteiger partial charge is 0.371 e. The number of benzene rings is 1. The number of hydrogen-bond donors (Lipinski definition) is 2. The van der Waals surface area contributed by atoms with Crippen molar-refractivity contribution >= 4 is 24.0 Å². The third kappa shape index (κ3) is 4.60. The van der Waals surface area contributed by atoms with Crippen LogP contribution in [0.1, 0.15) is 27.7 Å². The van der Waals surface area contributed by atoms with Gasteiger partial charge >= 0.3 is 0 Å². The summed E-state index contributed by atoms with van der Waals surface area (Å²) < 4.78 is 21.4. The lowest BCUT2D eigenvalue weighted by atomic mass is 10.1. The Bertz CT molecular complexity index is 1080. The van der Waals surface area contributed by atoms with Crippen LogP contribution in [0.2, 0.25) is 0 Å². The normalized spacial score (nSPS) is 15.7. The molecule has 0 saturated carbocycles. The van der Waals surface area contributed by atoms with E-state index in [2.05, 4.69) is 25.7 Å². The molecule has 2 aromatic heterocycles. The van der Waals surface area contributed by atoms with Gasteiger partial charge in [-0.3, -0.25) is 4.79 Å². The maximum absolute atomic E-state index is 14.5. The van der Waals surface area contributed by atoms with Crippen molar-refractivity contribution < 1.29 is 13.9 Å². The van der Waals surface area contributed by atoms with Gasteiger partial charge in [0.2, 0.25) is 0 Å². The minimum Gasteiger partial charge on any atom is -0.371 e. The van der Waals surface area contributed by atoms with Crippen LogP contribution >= 0.6 is 12.4 Å². The fourth-order valence-electron chi connectivity index (χ4n) is 2.90. The molecule has 1 fully saturated rings. The molecule has 1 aliphatic rings. The van der Waals surface area contributed by atoms with Gasteiger partial charge in [-0.2, -0.15) is 10.4 Å². The molecule has 1 atom stereocenters. The van der Waals surface area contributed by atoms with Crippen LogP contribution in [0.4, 0.5) is 10.1 Å².